The Morgan fingerprint density at radius 3 is 2.55 bits per heavy atom. The van der Waals surface area contributed by atoms with Crippen molar-refractivity contribution in [3.8, 4) is 5.75 Å². The molecule has 31 heavy (non-hydrogen) atoms. The molecule has 3 atom stereocenters. The van der Waals surface area contributed by atoms with Crippen LogP contribution in [0.1, 0.15) is 33.1 Å². The van der Waals surface area contributed by atoms with Crippen LogP contribution in [0.5, 0.6) is 5.75 Å². The summed E-state index contributed by atoms with van der Waals surface area (Å²) in [5, 5.41) is 2.92. The Bertz CT molecular complexity index is 1060. The summed E-state index contributed by atoms with van der Waals surface area (Å²) in [6, 6.07) is 11.8. The third-order valence-electron chi connectivity index (χ3n) is 5.96. The van der Waals surface area contributed by atoms with Crippen LogP contribution >= 0.6 is 0 Å². The maximum Gasteiger partial charge on any atom is 0.243 e. The first-order chi connectivity index (χ1) is 14.7. The Morgan fingerprint density at radius 1 is 1.16 bits per heavy atom. The first-order valence-corrected chi connectivity index (χ1v) is 12.0. The van der Waals surface area contributed by atoms with Crippen LogP contribution in [0.15, 0.2) is 53.4 Å². The van der Waals surface area contributed by atoms with Gasteiger partial charge in [-0.3, -0.25) is 4.79 Å². The van der Waals surface area contributed by atoms with Gasteiger partial charge in [0.05, 0.1) is 16.9 Å². The molecule has 2 aromatic carbocycles. The fourth-order valence-corrected chi connectivity index (χ4v) is 6.39. The fraction of sp³-hybridized carbons (Fsp3) is 0.435. The molecular formula is C23H27FN2O4S. The van der Waals surface area contributed by atoms with Gasteiger partial charge in [0.2, 0.25) is 15.9 Å². The number of halogens is 1. The zero-order valence-corrected chi connectivity index (χ0v) is 18.4. The number of rotatable bonds is 6. The number of piperidine rings is 2. The quantitative estimate of drug-likeness (QED) is 0.727. The number of sulfonamides is 1. The largest absolute Gasteiger partial charge is 0.491 e. The Hall–Kier alpha value is -2.45. The second-order valence-electron chi connectivity index (χ2n) is 8.57. The second kappa shape index (κ2) is 8.59. The highest BCUT2D eigenvalue weighted by Gasteiger charge is 2.48. The molecule has 166 valence electrons. The molecule has 0 spiro atoms. The van der Waals surface area contributed by atoms with E-state index in [0.29, 0.717) is 25.1 Å². The third-order valence-corrected chi connectivity index (χ3v) is 7.85. The lowest BCUT2D eigenvalue weighted by atomic mass is 9.73. The highest BCUT2D eigenvalue weighted by molar-refractivity contribution is 7.89. The van der Waals surface area contributed by atoms with E-state index in [-0.39, 0.29) is 22.8 Å². The molecule has 2 heterocycles. The number of hydrogen-bond donors (Lipinski definition) is 1. The normalized spacial score (nSPS) is 23.7. The number of anilines is 1. The van der Waals surface area contributed by atoms with Crippen molar-refractivity contribution < 1.29 is 22.3 Å². The van der Waals surface area contributed by atoms with Crippen molar-refractivity contribution in [1.82, 2.24) is 4.31 Å². The number of fused-ring (bicyclic) bond motifs is 3. The lowest BCUT2D eigenvalue weighted by molar-refractivity contribution is -0.125. The number of carbonyl (C=O) groups is 1. The van der Waals surface area contributed by atoms with Gasteiger partial charge in [0.15, 0.2) is 0 Å². The Morgan fingerprint density at radius 2 is 1.90 bits per heavy atom. The third kappa shape index (κ3) is 4.60. The molecule has 0 unspecified atom stereocenters. The van der Waals surface area contributed by atoms with Crippen molar-refractivity contribution in [2.45, 2.75) is 50.2 Å². The molecule has 5 rings (SSSR count). The number of ether oxygens (including phenoxy) is 1. The van der Waals surface area contributed by atoms with Crippen molar-refractivity contribution >= 4 is 21.6 Å². The summed E-state index contributed by atoms with van der Waals surface area (Å²) in [7, 11) is -3.88. The average molecular weight is 447 g/mol. The summed E-state index contributed by atoms with van der Waals surface area (Å²) in [6.07, 6.45) is 2.23. The number of hydrogen-bond acceptors (Lipinski definition) is 4. The minimum Gasteiger partial charge on any atom is -0.491 e. The summed E-state index contributed by atoms with van der Waals surface area (Å²) >= 11 is 0. The molecule has 1 N–H and O–H groups in total. The molecule has 1 saturated carbocycles. The molecule has 3 fully saturated rings. The summed E-state index contributed by atoms with van der Waals surface area (Å²) in [6.45, 7) is 4.25. The van der Waals surface area contributed by atoms with Crippen LogP contribution in [-0.2, 0) is 14.8 Å². The molecule has 6 nitrogen and oxygen atoms in total. The molecule has 2 aliphatic heterocycles. The van der Waals surface area contributed by atoms with Gasteiger partial charge < -0.3 is 10.1 Å². The van der Waals surface area contributed by atoms with Crippen molar-refractivity contribution in [3.63, 3.8) is 0 Å². The van der Waals surface area contributed by atoms with Gasteiger partial charge in [-0.25, -0.2) is 12.8 Å². The van der Waals surface area contributed by atoms with Crippen LogP contribution in [0.3, 0.4) is 0 Å². The number of amides is 1. The summed E-state index contributed by atoms with van der Waals surface area (Å²) in [5.74, 6) is -0.390. The number of carbonyl (C=O) groups excluding carboxylic acids is 1. The molecule has 0 aromatic heterocycles. The number of nitrogens with one attached hydrogen (secondary N) is 1. The van der Waals surface area contributed by atoms with Crippen LogP contribution in [0, 0.1) is 17.7 Å². The maximum atomic E-state index is 13.6. The standard InChI is InChI=1S/C23H27FN2O4S/c1-15(2)30-19-9-7-18(8-10-19)25-23(27)21-12-16-6-11-22(21)26(14-16)31(28,29)20-5-3-4-17(24)13-20/h3-5,7-10,13,15-16,21-22H,6,11-12,14H2,1-2H3,(H,25,27)/t16-,21+,22+/m0/s1. The van der Waals surface area contributed by atoms with Gasteiger partial charge in [-0.05, 0) is 81.5 Å². The number of benzene rings is 2. The lowest BCUT2D eigenvalue weighted by Crippen LogP contribution is -2.57. The number of nitrogens with zero attached hydrogens (tertiary/aromatic N) is 1. The van der Waals surface area contributed by atoms with Crippen molar-refractivity contribution in [1.29, 1.82) is 0 Å². The summed E-state index contributed by atoms with van der Waals surface area (Å²) in [4.78, 5) is 13.0. The van der Waals surface area contributed by atoms with E-state index in [9.17, 15) is 17.6 Å². The van der Waals surface area contributed by atoms with E-state index in [4.69, 9.17) is 4.74 Å². The van der Waals surface area contributed by atoms with Gasteiger partial charge >= 0.3 is 0 Å². The molecule has 1 aliphatic carbocycles. The molecule has 2 saturated heterocycles. The van der Waals surface area contributed by atoms with Crippen LogP contribution in [0.2, 0.25) is 0 Å². The smallest absolute Gasteiger partial charge is 0.243 e. The van der Waals surface area contributed by atoms with Gasteiger partial charge in [-0.1, -0.05) is 6.07 Å². The predicted molar refractivity (Wildman–Crippen MR) is 116 cm³/mol. The van der Waals surface area contributed by atoms with Crippen molar-refractivity contribution in [3.05, 3.63) is 54.3 Å². The van der Waals surface area contributed by atoms with Crippen LogP contribution < -0.4 is 10.1 Å². The van der Waals surface area contributed by atoms with E-state index < -0.39 is 27.8 Å². The van der Waals surface area contributed by atoms with E-state index in [1.165, 1.54) is 22.5 Å². The van der Waals surface area contributed by atoms with Gasteiger partial charge in [0.25, 0.3) is 0 Å². The SMILES string of the molecule is CC(C)Oc1ccc(NC(=O)[C@@H]2C[C@@H]3CC[C@H]2N(S(=O)(=O)c2cccc(F)c2)C3)cc1. The lowest BCUT2D eigenvalue weighted by Gasteiger charge is -2.48. The zero-order valence-electron chi connectivity index (χ0n) is 17.6. The first kappa shape index (κ1) is 21.8. The molecule has 1 amide bonds. The Kier molecular flexibility index (Phi) is 6.03. The molecule has 3 aliphatic rings. The highest BCUT2D eigenvalue weighted by Crippen LogP contribution is 2.42. The zero-order chi connectivity index (χ0) is 22.2. The van der Waals surface area contributed by atoms with Gasteiger partial charge in [-0.2, -0.15) is 4.31 Å². The van der Waals surface area contributed by atoms with E-state index in [0.717, 1.165) is 18.2 Å². The fourth-order valence-electron chi connectivity index (χ4n) is 4.59. The van der Waals surface area contributed by atoms with Crippen LogP contribution in [0.25, 0.3) is 0 Å². The molecule has 0 radical (unpaired) electrons. The molecule has 8 heteroatoms. The Labute approximate surface area is 182 Å². The van der Waals surface area contributed by atoms with Gasteiger partial charge in [0.1, 0.15) is 11.6 Å². The van der Waals surface area contributed by atoms with E-state index in [1.54, 1.807) is 24.3 Å². The topological polar surface area (TPSA) is 75.7 Å². The first-order valence-electron chi connectivity index (χ1n) is 10.6. The van der Waals surface area contributed by atoms with Gasteiger partial charge in [0, 0.05) is 18.3 Å². The summed E-state index contributed by atoms with van der Waals surface area (Å²) in [5.41, 5.74) is 0.641. The Balaban J connectivity index is 1.51. The van der Waals surface area contributed by atoms with Crippen LogP contribution in [-0.4, -0.2) is 37.3 Å². The van der Waals surface area contributed by atoms with Gasteiger partial charge in [-0.15, -0.1) is 0 Å². The van der Waals surface area contributed by atoms with E-state index in [1.807, 2.05) is 13.8 Å². The predicted octanol–water partition coefficient (Wildman–Crippen LogP) is 4.04. The minimum absolute atomic E-state index is 0.0595. The summed E-state index contributed by atoms with van der Waals surface area (Å²) < 4.78 is 47.1. The van der Waals surface area contributed by atoms with Crippen molar-refractivity contribution in [2.75, 3.05) is 11.9 Å². The van der Waals surface area contributed by atoms with E-state index in [2.05, 4.69) is 5.32 Å². The molecular weight excluding hydrogens is 419 g/mol. The molecule has 2 bridgehead atoms. The van der Waals surface area contributed by atoms with Crippen LogP contribution in [0.4, 0.5) is 10.1 Å². The molecule has 2 aromatic rings. The maximum absolute atomic E-state index is 13.6. The second-order valence-corrected chi connectivity index (χ2v) is 10.5. The van der Waals surface area contributed by atoms with Crippen molar-refractivity contribution in [2.24, 2.45) is 11.8 Å². The monoisotopic (exact) mass is 446 g/mol. The van der Waals surface area contributed by atoms with E-state index >= 15 is 0 Å². The highest BCUT2D eigenvalue weighted by atomic mass is 32.2. The minimum atomic E-state index is -3.88. The average Bonchev–Trinajstić information content (AvgIpc) is 2.75.